The van der Waals surface area contributed by atoms with Gasteiger partial charge in [0.1, 0.15) is 5.76 Å². The smallest absolute Gasteiger partial charge is 0.804 e. The molecular formula is C9H12LiNO. The van der Waals surface area contributed by atoms with Gasteiger partial charge in [-0.25, -0.2) is 0 Å². The normalized spacial score (nSPS) is 10.6. The average molecular weight is 157 g/mol. The van der Waals surface area contributed by atoms with E-state index in [9.17, 15) is 5.41 Å². The van der Waals surface area contributed by atoms with Crippen molar-refractivity contribution in [1.29, 1.82) is 0 Å². The van der Waals surface area contributed by atoms with Gasteiger partial charge in [0.05, 0.1) is 6.26 Å². The van der Waals surface area contributed by atoms with Crippen LogP contribution in [0.15, 0.2) is 22.8 Å². The molecule has 0 saturated carbocycles. The van der Waals surface area contributed by atoms with Crippen LogP contribution in [0.5, 0.6) is 0 Å². The van der Waals surface area contributed by atoms with Crippen molar-refractivity contribution in [3.05, 3.63) is 29.6 Å². The Kier molecular flexibility index (Phi) is 3.83. The minimum Gasteiger partial charge on any atom is -0.804 e. The zero-order valence-electron chi connectivity index (χ0n) is 8.09. The number of hydrogen-bond acceptors (Lipinski definition) is 1. The van der Waals surface area contributed by atoms with Crippen molar-refractivity contribution in [2.75, 3.05) is 0 Å². The summed E-state index contributed by atoms with van der Waals surface area (Å²) in [6, 6.07) is 3.51. The summed E-state index contributed by atoms with van der Waals surface area (Å²) >= 11 is 0. The molecule has 0 fully saturated rings. The van der Waals surface area contributed by atoms with Gasteiger partial charge in [0.15, 0.2) is 0 Å². The summed E-state index contributed by atoms with van der Waals surface area (Å²) in [4.78, 5) is 0. The third-order valence-electron chi connectivity index (χ3n) is 1.46. The van der Waals surface area contributed by atoms with Gasteiger partial charge in [-0.05, 0) is 17.5 Å². The maximum Gasteiger partial charge on any atom is 1.00 e. The fourth-order valence-electron chi connectivity index (χ4n) is 0.783. The number of hydrogen-bond donors (Lipinski definition) is 0. The molecule has 0 aromatic carbocycles. The number of furan rings is 1. The Labute approximate surface area is 85.0 Å². The SMILES string of the molecule is CC(C)(C)C(=[N-])c1ccco1.[Li+]. The third kappa shape index (κ3) is 2.55. The van der Waals surface area contributed by atoms with Gasteiger partial charge in [-0.2, -0.15) is 0 Å². The summed E-state index contributed by atoms with van der Waals surface area (Å²) in [5.74, 6) is 0.553. The molecule has 0 saturated heterocycles. The Bertz CT molecular complexity index is 246. The van der Waals surface area contributed by atoms with Crippen LogP contribution in [0.4, 0.5) is 0 Å². The zero-order chi connectivity index (χ0) is 8.48. The molecule has 0 aliphatic rings. The van der Waals surface area contributed by atoms with Crippen molar-refractivity contribution in [1.82, 2.24) is 0 Å². The summed E-state index contributed by atoms with van der Waals surface area (Å²) in [6.45, 7) is 5.81. The molecule has 0 bridgehead atoms. The molecule has 1 rings (SSSR count). The predicted octanol–water partition coefficient (Wildman–Crippen LogP) is -0.312. The van der Waals surface area contributed by atoms with Gasteiger partial charge < -0.3 is 9.83 Å². The molecular weight excluding hydrogens is 145 g/mol. The van der Waals surface area contributed by atoms with E-state index < -0.39 is 0 Å². The molecule has 0 aliphatic heterocycles. The molecule has 0 aliphatic carbocycles. The van der Waals surface area contributed by atoms with Crippen LogP contribution in [0.25, 0.3) is 5.41 Å². The molecule has 2 nitrogen and oxygen atoms in total. The van der Waals surface area contributed by atoms with Crippen molar-refractivity contribution in [2.45, 2.75) is 20.8 Å². The van der Waals surface area contributed by atoms with E-state index in [0.717, 1.165) is 0 Å². The minimum atomic E-state index is -0.238. The molecule has 3 heteroatoms. The van der Waals surface area contributed by atoms with Crippen LogP contribution >= 0.6 is 0 Å². The molecule has 0 radical (unpaired) electrons. The first kappa shape index (κ1) is 11.5. The van der Waals surface area contributed by atoms with Gasteiger partial charge in [-0.15, -0.1) is 5.71 Å². The first-order valence-electron chi connectivity index (χ1n) is 3.62. The summed E-state index contributed by atoms with van der Waals surface area (Å²) in [5, 5.41) is 9.57. The van der Waals surface area contributed by atoms with Gasteiger partial charge in [0.2, 0.25) is 0 Å². The number of nitrogens with zero attached hydrogens (tertiary/aromatic N) is 1. The second-order valence-electron chi connectivity index (χ2n) is 3.58. The Morgan fingerprint density at radius 2 is 2.00 bits per heavy atom. The maximum absolute atomic E-state index is 9.57. The van der Waals surface area contributed by atoms with Crippen molar-refractivity contribution in [3.8, 4) is 0 Å². The molecule has 0 unspecified atom stereocenters. The van der Waals surface area contributed by atoms with Gasteiger partial charge >= 0.3 is 18.9 Å². The second kappa shape index (κ2) is 3.98. The van der Waals surface area contributed by atoms with Crippen LogP contribution < -0.4 is 18.9 Å². The van der Waals surface area contributed by atoms with Gasteiger partial charge in [0, 0.05) is 0 Å². The van der Waals surface area contributed by atoms with Gasteiger partial charge in [-0.1, -0.05) is 20.8 Å². The van der Waals surface area contributed by atoms with Crippen molar-refractivity contribution in [2.24, 2.45) is 5.41 Å². The molecule has 0 spiro atoms. The fraction of sp³-hybridized carbons (Fsp3) is 0.444. The van der Waals surface area contributed by atoms with E-state index in [0.29, 0.717) is 11.5 Å². The Hall–Kier alpha value is -0.453. The minimum absolute atomic E-state index is 0. The largest absolute Gasteiger partial charge is 1.00 e. The molecule has 12 heavy (non-hydrogen) atoms. The first-order valence-corrected chi connectivity index (χ1v) is 3.62. The van der Waals surface area contributed by atoms with E-state index in [1.54, 1.807) is 18.4 Å². The fourth-order valence-corrected chi connectivity index (χ4v) is 0.783. The van der Waals surface area contributed by atoms with E-state index in [-0.39, 0.29) is 24.3 Å². The molecule has 1 heterocycles. The Morgan fingerprint density at radius 3 is 2.33 bits per heavy atom. The molecule has 0 amide bonds. The number of rotatable bonds is 1. The Balaban J connectivity index is 0.00000121. The molecule has 1 aromatic rings. The summed E-state index contributed by atoms with van der Waals surface area (Å²) < 4.78 is 5.03. The van der Waals surface area contributed by atoms with Crippen molar-refractivity contribution in [3.63, 3.8) is 0 Å². The van der Waals surface area contributed by atoms with E-state index in [1.165, 1.54) is 0 Å². The second-order valence-corrected chi connectivity index (χ2v) is 3.58. The monoisotopic (exact) mass is 157 g/mol. The summed E-state index contributed by atoms with van der Waals surface area (Å²) in [6.07, 6.45) is 1.55. The first-order chi connectivity index (χ1) is 5.02. The molecule has 0 atom stereocenters. The average Bonchev–Trinajstić information content (AvgIpc) is 2.34. The molecule has 0 N–H and O–H groups in total. The van der Waals surface area contributed by atoms with Crippen LogP contribution in [0.3, 0.4) is 0 Å². The third-order valence-corrected chi connectivity index (χ3v) is 1.46. The van der Waals surface area contributed by atoms with E-state index in [1.807, 2.05) is 20.8 Å². The quantitative estimate of drug-likeness (QED) is 0.406. The standard InChI is InChI=1S/C9H12NO.Li/c1-9(2,3)8(10)7-5-4-6-11-7;/h4-6H,1-3H3;/q-1;+1. The van der Waals surface area contributed by atoms with Crippen LogP contribution in [0.1, 0.15) is 26.5 Å². The van der Waals surface area contributed by atoms with E-state index >= 15 is 0 Å². The topological polar surface area (TPSA) is 35.4 Å². The van der Waals surface area contributed by atoms with Crippen LogP contribution in [-0.4, -0.2) is 5.71 Å². The van der Waals surface area contributed by atoms with Gasteiger partial charge in [-0.3, -0.25) is 0 Å². The predicted molar refractivity (Wildman–Crippen MR) is 45.6 cm³/mol. The van der Waals surface area contributed by atoms with E-state index in [4.69, 9.17) is 4.42 Å². The summed E-state index contributed by atoms with van der Waals surface area (Å²) in [5.41, 5.74) is 0.0557. The summed E-state index contributed by atoms with van der Waals surface area (Å²) in [7, 11) is 0. The maximum atomic E-state index is 9.57. The van der Waals surface area contributed by atoms with Crippen molar-refractivity contribution < 1.29 is 23.3 Å². The molecule has 60 valence electrons. The van der Waals surface area contributed by atoms with Crippen LogP contribution in [-0.2, 0) is 0 Å². The van der Waals surface area contributed by atoms with Crippen LogP contribution in [0.2, 0.25) is 0 Å². The van der Waals surface area contributed by atoms with E-state index in [2.05, 4.69) is 0 Å². The van der Waals surface area contributed by atoms with Crippen LogP contribution in [0, 0.1) is 5.41 Å². The van der Waals surface area contributed by atoms with Gasteiger partial charge in [0.25, 0.3) is 0 Å². The Morgan fingerprint density at radius 1 is 1.42 bits per heavy atom. The molecule has 1 aromatic heterocycles. The van der Waals surface area contributed by atoms with Crippen molar-refractivity contribution >= 4 is 5.71 Å². The zero-order valence-corrected chi connectivity index (χ0v) is 8.09.